The van der Waals surface area contributed by atoms with Gasteiger partial charge in [0.1, 0.15) is 0 Å². The summed E-state index contributed by atoms with van der Waals surface area (Å²) in [5.41, 5.74) is 7.37. The SMILES string of the molecule is CC(C)CCC[C@@H](C)CCC[C@@H](C)CCCC(C)CCOc1cc(CN)cc(OCCC(C)CCC[C@H](C)CCC[C@H](C)CCCC(C)C)c1OCCC(C)CCC[C@H](C)CCC[C@H](C)CCCC(C)C. The van der Waals surface area contributed by atoms with Crippen molar-refractivity contribution in [3.8, 4) is 17.2 Å². The summed E-state index contributed by atoms with van der Waals surface area (Å²) < 4.78 is 20.1. The third-order valence-electron chi connectivity index (χ3n) is 16.7. The van der Waals surface area contributed by atoms with Gasteiger partial charge in [-0.25, -0.2) is 0 Å². The van der Waals surface area contributed by atoms with Crippen molar-refractivity contribution in [2.24, 2.45) is 76.7 Å². The molecule has 1 aromatic carbocycles. The van der Waals surface area contributed by atoms with Crippen LogP contribution >= 0.6 is 0 Å². The van der Waals surface area contributed by atoms with Crippen LogP contribution in [0.1, 0.15) is 302 Å². The van der Waals surface area contributed by atoms with Crippen molar-refractivity contribution in [1.82, 2.24) is 0 Å². The van der Waals surface area contributed by atoms with Gasteiger partial charge in [0, 0.05) is 6.54 Å². The molecule has 0 fully saturated rings. The summed E-state index contributed by atoms with van der Waals surface area (Å²) in [5, 5.41) is 0. The van der Waals surface area contributed by atoms with Crippen LogP contribution in [0.3, 0.4) is 0 Å². The lowest BCUT2D eigenvalue weighted by atomic mass is 9.91. The Kier molecular flexibility index (Phi) is 40.7. The third-order valence-corrected chi connectivity index (χ3v) is 16.7. The van der Waals surface area contributed by atoms with Crippen molar-refractivity contribution in [3.05, 3.63) is 17.7 Å². The van der Waals surface area contributed by atoms with E-state index in [2.05, 4.69) is 116 Å². The fraction of sp³-hybridized carbons (Fsp3) is 0.910. The van der Waals surface area contributed by atoms with Gasteiger partial charge in [-0.2, -0.15) is 0 Å². The minimum Gasteiger partial charge on any atom is -0.490 e. The van der Waals surface area contributed by atoms with Crippen LogP contribution in [0.5, 0.6) is 17.2 Å². The molecule has 4 nitrogen and oxygen atoms in total. The predicted octanol–water partition coefficient (Wildman–Crippen LogP) is 21.7. The summed E-state index contributed by atoms with van der Waals surface area (Å²) in [7, 11) is 0. The summed E-state index contributed by atoms with van der Waals surface area (Å²) >= 11 is 0. The Labute approximate surface area is 446 Å². The molecule has 0 aliphatic carbocycles. The number of hydrogen-bond donors (Lipinski definition) is 1. The van der Waals surface area contributed by atoms with E-state index in [1.807, 2.05) is 0 Å². The first-order valence-corrected chi connectivity index (χ1v) is 31.6. The highest BCUT2D eigenvalue weighted by molar-refractivity contribution is 5.54. The van der Waals surface area contributed by atoms with Gasteiger partial charge in [0.2, 0.25) is 5.75 Å². The van der Waals surface area contributed by atoms with Gasteiger partial charge in [-0.05, 0) is 108 Å². The fourth-order valence-corrected chi connectivity index (χ4v) is 11.0. The molecule has 0 aliphatic rings. The van der Waals surface area contributed by atoms with Crippen LogP contribution in [0.4, 0.5) is 0 Å². The molecule has 0 radical (unpaired) electrons. The van der Waals surface area contributed by atoms with Crippen LogP contribution in [-0.2, 0) is 6.54 Å². The van der Waals surface area contributed by atoms with Gasteiger partial charge in [-0.1, -0.05) is 277 Å². The van der Waals surface area contributed by atoms with Gasteiger partial charge in [0.05, 0.1) is 19.8 Å². The van der Waals surface area contributed by atoms with Crippen LogP contribution in [0, 0.1) is 71.0 Å². The van der Waals surface area contributed by atoms with Gasteiger partial charge in [-0.15, -0.1) is 0 Å². The van der Waals surface area contributed by atoms with E-state index in [0.29, 0.717) is 44.1 Å². The van der Waals surface area contributed by atoms with Gasteiger partial charge in [0.25, 0.3) is 0 Å². The quantitative estimate of drug-likeness (QED) is 0.0707. The standard InChI is InChI=1S/C67H129NO3/c1-52(2)25-16-28-55(7)31-19-34-58(10)37-22-40-61(13)43-46-69-65-49-64(51-68)50-66(70-47-44-62(14)41-23-38-59(11)35-20-32-56(8)29-17-26-53(3)4)67(65)71-48-45-63(15)42-24-39-60(12)36-21-33-57(9)30-18-27-54(5)6/h49-50,52-63H,16-48,51,68H2,1-15H3/t55-,56-,57-,58-,59-,60-,61?,62?,63?/m1/s1. The Morgan fingerprint density at radius 3 is 0.690 bits per heavy atom. The maximum atomic E-state index is 6.74. The Balaban J connectivity index is 2.76. The molecule has 1 aromatic rings. The molecule has 9 atom stereocenters. The topological polar surface area (TPSA) is 53.7 Å². The molecular formula is C67H129NO3. The average molecular weight is 997 g/mol. The first-order chi connectivity index (χ1) is 33.9. The molecule has 0 spiro atoms. The number of nitrogens with two attached hydrogens (primary N) is 1. The third kappa shape index (κ3) is 38.7. The zero-order chi connectivity index (χ0) is 52.8. The zero-order valence-electron chi connectivity index (χ0n) is 50.9. The van der Waals surface area contributed by atoms with E-state index in [-0.39, 0.29) is 0 Å². The maximum absolute atomic E-state index is 6.74. The van der Waals surface area contributed by atoms with E-state index >= 15 is 0 Å². The molecule has 0 aromatic heterocycles. The van der Waals surface area contributed by atoms with E-state index in [4.69, 9.17) is 19.9 Å². The second-order valence-corrected chi connectivity index (χ2v) is 26.5. The molecule has 4 heteroatoms. The molecule has 0 saturated carbocycles. The van der Waals surface area contributed by atoms with E-state index in [1.165, 1.54) is 173 Å². The highest BCUT2D eigenvalue weighted by Crippen LogP contribution is 2.40. The Morgan fingerprint density at radius 2 is 0.479 bits per heavy atom. The van der Waals surface area contributed by atoms with Crippen molar-refractivity contribution >= 4 is 0 Å². The normalized spacial score (nSPS) is 16.0. The van der Waals surface area contributed by atoms with Crippen LogP contribution < -0.4 is 19.9 Å². The van der Waals surface area contributed by atoms with Gasteiger partial charge < -0.3 is 19.9 Å². The number of hydrogen-bond acceptors (Lipinski definition) is 4. The maximum Gasteiger partial charge on any atom is 0.203 e. The van der Waals surface area contributed by atoms with Crippen LogP contribution in [0.2, 0.25) is 0 Å². The van der Waals surface area contributed by atoms with Crippen molar-refractivity contribution in [2.75, 3.05) is 19.8 Å². The molecule has 0 amide bonds. The molecule has 3 unspecified atom stereocenters. The second kappa shape index (κ2) is 42.8. The van der Waals surface area contributed by atoms with Crippen molar-refractivity contribution < 1.29 is 14.2 Å². The average Bonchev–Trinajstić information content (AvgIpc) is 3.29. The van der Waals surface area contributed by atoms with E-state index in [1.54, 1.807) is 0 Å². The minimum absolute atomic E-state index is 0.455. The highest BCUT2D eigenvalue weighted by Gasteiger charge is 2.19. The molecule has 1 rings (SSSR count). The fourth-order valence-electron chi connectivity index (χ4n) is 11.0. The van der Waals surface area contributed by atoms with Crippen molar-refractivity contribution in [3.63, 3.8) is 0 Å². The van der Waals surface area contributed by atoms with Crippen LogP contribution in [-0.4, -0.2) is 19.8 Å². The first-order valence-electron chi connectivity index (χ1n) is 31.6. The monoisotopic (exact) mass is 996 g/mol. The van der Waals surface area contributed by atoms with E-state index < -0.39 is 0 Å². The van der Waals surface area contributed by atoms with Gasteiger partial charge >= 0.3 is 0 Å². The Bertz CT molecular complexity index is 1270. The van der Waals surface area contributed by atoms with E-state index in [0.717, 1.165) is 95.3 Å². The van der Waals surface area contributed by atoms with E-state index in [9.17, 15) is 0 Å². The van der Waals surface area contributed by atoms with Crippen LogP contribution in [0.15, 0.2) is 12.1 Å². The number of benzene rings is 1. The van der Waals surface area contributed by atoms with Crippen LogP contribution in [0.25, 0.3) is 0 Å². The predicted molar refractivity (Wildman–Crippen MR) is 316 cm³/mol. The zero-order valence-corrected chi connectivity index (χ0v) is 50.9. The van der Waals surface area contributed by atoms with Crippen molar-refractivity contribution in [2.45, 2.75) is 303 Å². The summed E-state index contributed by atoms with van der Waals surface area (Å²) in [5.74, 6) is 11.9. The van der Waals surface area contributed by atoms with Crippen molar-refractivity contribution in [1.29, 1.82) is 0 Å². The first kappa shape index (κ1) is 67.6. The molecule has 2 N–H and O–H groups in total. The van der Waals surface area contributed by atoms with Gasteiger partial charge in [0.15, 0.2) is 11.5 Å². The summed E-state index contributed by atoms with van der Waals surface area (Å²) in [4.78, 5) is 0. The summed E-state index contributed by atoms with van der Waals surface area (Å²) in [6.45, 7) is 38.7. The lowest BCUT2D eigenvalue weighted by Gasteiger charge is -2.21. The molecular weight excluding hydrogens is 867 g/mol. The lowest BCUT2D eigenvalue weighted by molar-refractivity contribution is 0.215. The second-order valence-electron chi connectivity index (χ2n) is 26.5. The molecule has 0 bridgehead atoms. The highest BCUT2D eigenvalue weighted by atomic mass is 16.5. The molecule has 0 saturated heterocycles. The number of ether oxygens (including phenoxy) is 3. The minimum atomic E-state index is 0.455. The molecule has 71 heavy (non-hydrogen) atoms. The molecule has 0 heterocycles. The largest absolute Gasteiger partial charge is 0.490 e. The molecule has 420 valence electrons. The summed E-state index contributed by atoms with van der Waals surface area (Å²) in [6, 6.07) is 4.24. The van der Waals surface area contributed by atoms with Gasteiger partial charge in [-0.3, -0.25) is 0 Å². The Hall–Kier alpha value is -1.42. The smallest absolute Gasteiger partial charge is 0.203 e. The number of rotatable bonds is 49. The lowest BCUT2D eigenvalue weighted by Crippen LogP contribution is -2.11. The molecule has 0 aliphatic heterocycles. The summed E-state index contributed by atoms with van der Waals surface area (Å²) in [6.07, 6.45) is 39.9. The Morgan fingerprint density at radius 1 is 0.282 bits per heavy atom.